The van der Waals surface area contributed by atoms with Gasteiger partial charge in [0.05, 0.1) is 5.56 Å². The first-order valence-corrected chi connectivity index (χ1v) is 7.23. The lowest BCUT2D eigenvalue weighted by Crippen LogP contribution is -2.28. The molecule has 0 aliphatic carbocycles. The van der Waals surface area contributed by atoms with Crippen molar-refractivity contribution >= 4 is 5.91 Å². The lowest BCUT2D eigenvalue weighted by Gasteiger charge is -2.12. The number of methoxy groups -OCH3 is 1. The summed E-state index contributed by atoms with van der Waals surface area (Å²) in [6, 6.07) is 7.90. The van der Waals surface area contributed by atoms with Crippen LogP contribution < -0.4 is 5.32 Å². The number of carbonyl (C=O) groups is 1. The van der Waals surface area contributed by atoms with Crippen LogP contribution in [0.1, 0.15) is 28.0 Å². The third-order valence-electron chi connectivity index (χ3n) is 3.45. The molecule has 2 aromatic rings. The highest BCUT2D eigenvalue weighted by molar-refractivity contribution is 5.96. The molecule has 1 N–H and O–H groups in total. The molecule has 0 unspecified atom stereocenters. The van der Waals surface area contributed by atoms with Gasteiger partial charge in [-0.15, -0.1) is 0 Å². The molecule has 120 valence electrons. The lowest BCUT2D eigenvalue weighted by molar-refractivity contribution is 0.0941. The average molecular weight is 315 g/mol. The summed E-state index contributed by atoms with van der Waals surface area (Å²) in [5.41, 5.74) is 1.87. The molecule has 0 saturated carbocycles. The maximum absolute atomic E-state index is 13.3. The van der Waals surface area contributed by atoms with E-state index in [1.807, 2.05) is 6.07 Å². The molecule has 2 rings (SSSR count). The fourth-order valence-electron chi connectivity index (χ4n) is 2.35. The van der Waals surface area contributed by atoms with Gasteiger partial charge in [-0.2, -0.15) is 5.26 Å². The van der Waals surface area contributed by atoms with Crippen molar-refractivity contribution in [1.29, 1.82) is 5.26 Å². The van der Waals surface area contributed by atoms with Gasteiger partial charge >= 0.3 is 0 Å². The molecule has 0 aliphatic rings. The number of benzene rings is 1. The van der Waals surface area contributed by atoms with Crippen LogP contribution in [-0.4, -0.2) is 30.7 Å². The Morgan fingerprint density at radius 1 is 1.43 bits per heavy atom. The average Bonchev–Trinajstić information content (AvgIpc) is 2.95. The van der Waals surface area contributed by atoms with Gasteiger partial charge in [0.25, 0.3) is 5.91 Å². The van der Waals surface area contributed by atoms with E-state index < -0.39 is 0 Å². The second kappa shape index (κ2) is 7.56. The minimum Gasteiger partial charge on any atom is -0.385 e. The van der Waals surface area contributed by atoms with Crippen molar-refractivity contribution in [1.82, 2.24) is 9.88 Å². The Bertz CT molecular complexity index is 747. The summed E-state index contributed by atoms with van der Waals surface area (Å²) in [6.07, 6.45) is 2.32. The topological polar surface area (TPSA) is 67.0 Å². The maximum Gasteiger partial charge on any atom is 0.269 e. The third kappa shape index (κ3) is 3.76. The predicted octanol–water partition coefficient (Wildman–Crippen LogP) is 2.56. The smallest absolute Gasteiger partial charge is 0.269 e. The van der Waals surface area contributed by atoms with Gasteiger partial charge in [0.1, 0.15) is 17.6 Å². The molecule has 1 aromatic carbocycles. The summed E-state index contributed by atoms with van der Waals surface area (Å²) in [5, 5.41) is 12.0. The van der Waals surface area contributed by atoms with E-state index >= 15 is 0 Å². The second-order valence-corrected chi connectivity index (χ2v) is 5.09. The zero-order chi connectivity index (χ0) is 16.8. The van der Waals surface area contributed by atoms with E-state index in [4.69, 9.17) is 4.74 Å². The summed E-state index contributed by atoms with van der Waals surface area (Å²) >= 11 is 0. The van der Waals surface area contributed by atoms with Crippen LogP contribution in [-0.2, 0) is 4.74 Å². The number of nitrogens with one attached hydrogen (secondary N) is 1. The molecule has 0 atom stereocenters. The molecule has 0 bridgehead atoms. The lowest BCUT2D eigenvalue weighted by atomic mass is 10.2. The van der Waals surface area contributed by atoms with Crippen molar-refractivity contribution < 1.29 is 13.9 Å². The Hall–Kier alpha value is -2.65. The summed E-state index contributed by atoms with van der Waals surface area (Å²) in [7, 11) is 1.60. The summed E-state index contributed by atoms with van der Waals surface area (Å²) in [6.45, 7) is 2.75. The van der Waals surface area contributed by atoms with Crippen LogP contribution in [0.5, 0.6) is 0 Å². The highest BCUT2D eigenvalue weighted by atomic mass is 19.1. The molecule has 0 aliphatic heterocycles. The van der Waals surface area contributed by atoms with Crippen LogP contribution >= 0.6 is 0 Å². The van der Waals surface area contributed by atoms with E-state index in [-0.39, 0.29) is 23.0 Å². The minimum atomic E-state index is -0.343. The van der Waals surface area contributed by atoms with E-state index in [9.17, 15) is 14.4 Å². The third-order valence-corrected chi connectivity index (χ3v) is 3.45. The van der Waals surface area contributed by atoms with Crippen LogP contribution in [0.25, 0.3) is 5.69 Å². The van der Waals surface area contributed by atoms with Gasteiger partial charge in [-0.1, -0.05) is 0 Å². The Morgan fingerprint density at radius 2 is 2.22 bits per heavy atom. The first-order valence-electron chi connectivity index (χ1n) is 7.23. The molecule has 6 heteroatoms. The number of nitriles is 1. The molecule has 0 radical (unpaired) electrons. The molecule has 0 saturated heterocycles. The zero-order valence-electron chi connectivity index (χ0n) is 13.1. The molecule has 1 aromatic heterocycles. The first kappa shape index (κ1) is 16.7. The van der Waals surface area contributed by atoms with Gasteiger partial charge in [0, 0.05) is 32.1 Å². The van der Waals surface area contributed by atoms with Crippen LogP contribution in [0.15, 0.2) is 30.5 Å². The molecule has 1 heterocycles. The summed E-state index contributed by atoms with van der Waals surface area (Å²) in [4.78, 5) is 12.4. The van der Waals surface area contributed by atoms with Gasteiger partial charge in [-0.05, 0) is 43.2 Å². The normalized spacial score (nSPS) is 10.3. The maximum atomic E-state index is 13.3. The molecular weight excluding hydrogens is 297 g/mol. The van der Waals surface area contributed by atoms with E-state index in [1.165, 1.54) is 12.1 Å². The van der Waals surface area contributed by atoms with Gasteiger partial charge in [-0.3, -0.25) is 4.79 Å². The number of ether oxygens (including phenoxy) is 1. The van der Waals surface area contributed by atoms with E-state index in [1.54, 1.807) is 36.9 Å². The van der Waals surface area contributed by atoms with Crippen molar-refractivity contribution in [3.63, 3.8) is 0 Å². The molecular formula is C17H18FN3O2. The van der Waals surface area contributed by atoms with E-state index in [0.717, 1.165) is 0 Å². The minimum absolute atomic E-state index is 0.250. The van der Waals surface area contributed by atoms with E-state index in [2.05, 4.69) is 5.32 Å². The van der Waals surface area contributed by atoms with Crippen LogP contribution in [0.4, 0.5) is 4.39 Å². The number of aromatic nitrogens is 1. The molecule has 0 fully saturated rings. The molecule has 1 amide bonds. The van der Waals surface area contributed by atoms with Crippen LogP contribution in [0.3, 0.4) is 0 Å². The number of hydrogen-bond donors (Lipinski definition) is 1. The summed E-state index contributed by atoms with van der Waals surface area (Å²) < 4.78 is 19.8. The van der Waals surface area contributed by atoms with Crippen LogP contribution in [0, 0.1) is 24.1 Å². The Labute approximate surface area is 134 Å². The van der Waals surface area contributed by atoms with Gasteiger partial charge in [0.15, 0.2) is 0 Å². The van der Waals surface area contributed by atoms with Crippen LogP contribution in [0.2, 0.25) is 0 Å². The molecule has 23 heavy (non-hydrogen) atoms. The van der Waals surface area contributed by atoms with Crippen molar-refractivity contribution in [2.75, 3.05) is 20.3 Å². The Morgan fingerprint density at radius 3 is 2.87 bits per heavy atom. The monoisotopic (exact) mass is 315 g/mol. The standard InChI is InChI=1S/C17H18FN3O2/c1-12-10-14(18)4-5-15(12)21-8-6-13(11-19)16(21)17(22)20-7-3-9-23-2/h4-6,8,10H,3,7,9H2,1-2H3,(H,20,22). The number of aryl methyl sites for hydroxylation is 1. The number of rotatable bonds is 6. The molecule has 5 nitrogen and oxygen atoms in total. The quantitative estimate of drug-likeness (QED) is 0.833. The fraction of sp³-hybridized carbons (Fsp3) is 0.294. The fourth-order valence-corrected chi connectivity index (χ4v) is 2.35. The first-order chi connectivity index (χ1) is 11.1. The number of amides is 1. The number of carbonyl (C=O) groups excluding carboxylic acids is 1. The SMILES string of the molecule is COCCCNC(=O)c1c(C#N)ccn1-c1ccc(F)cc1C. The highest BCUT2D eigenvalue weighted by Gasteiger charge is 2.18. The Kier molecular flexibility index (Phi) is 5.50. The number of hydrogen-bond acceptors (Lipinski definition) is 3. The second-order valence-electron chi connectivity index (χ2n) is 5.09. The van der Waals surface area contributed by atoms with Gasteiger partial charge < -0.3 is 14.6 Å². The van der Waals surface area contributed by atoms with Crippen molar-refractivity contribution in [3.8, 4) is 11.8 Å². The van der Waals surface area contributed by atoms with Crippen molar-refractivity contribution in [2.24, 2.45) is 0 Å². The predicted molar refractivity (Wildman–Crippen MR) is 84.0 cm³/mol. The van der Waals surface area contributed by atoms with E-state index in [0.29, 0.717) is 30.8 Å². The van der Waals surface area contributed by atoms with Crippen molar-refractivity contribution in [3.05, 3.63) is 53.1 Å². The highest BCUT2D eigenvalue weighted by Crippen LogP contribution is 2.21. The van der Waals surface area contributed by atoms with Crippen molar-refractivity contribution in [2.45, 2.75) is 13.3 Å². The number of nitrogens with zero attached hydrogens (tertiary/aromatic N) is 2. The Balaban J connectivity index is 2.33. The summed E-state index contributed by atoms with van der Waals surface area (Å²) in [5.74, 6) is -0.684. The largest absolute Gasteiger partial charge is 0.385 e. The van der Waals surface area contributed by atoms with Gasteiger partial charge in [0.2, 0.25) is 0 Å². The zero-order valence-corrected chi connectivity index (χ0v) is 13.1. The number of halogens is 1. The molecule has 0 spiro atoms. The van der Waals surface area contributed by atoms with Gasteiger partial charge in [-0.25, -0.2) is 4.39 Å².